The molecule has 1 aliphatic rings. The van der Waals surface area contributed by atoms with Gasteiger partial charge in [0.15, 0.2) is 0 Å². The minimum atomic E-state index is -0.403. The van der Waals surface area contributed by atoms with E-state index < -0.39 is 6.10 Å². The summed E-state index contributed by atoms with van der Waals surface area (Å²) >= 11 is 0. The molecular weight excluding hydrogens is 244 g/mol. The second-order valence-corrected chi connectivity index (χ2v) is 5.23. The lowest BCUT2D eigenvalue weighted by Gasteiger charge is -2.32. The van der Waals surface area contributed by atoms with Crippen LogP contribution in [0.1, 0.15) is 39.0 Å². The molecule has 3 atom stereocenters. The standard InChI is InChI=1S/C14H28N2O3/c1-11(14(17)16-8-5-9-18-2)19-13-7-4-3-6-12(13)10-15/h11-13H,3-10,15H2,1-2H3,(H,16,17). The van der Waals surface area contributed by atoms with E-state index in [1.54, 1.807) is 7.11 Å². The Labute approximate surface area is 116 Å². The molecule has 1 saturated carbocycles. The molecule has 1 fully saturated rings. The maximum atomic E-state index is 11.9. The SMILES string of the molecule is COCCCNC(=O)C(C)OC1CCCCC1CN. The van der Waals surface area contributed by atoms with Crippen LogP contribution in [0.4, 0.5) is 0 Å². The monoisotopic (exact) mass is 272 g/mol. The summed E-state index contributed by atoms with van der Waals surface area (Å²) in [5.74, 6) is 0.356. The molecule has 19 heavy (non-hydrogen) atoms. The van der Waals surface area contributed by atoms with Crippen molar-refractivity contribution in [2.24, 2.45) is 11.7 Å². The summed E-state index contributed by atoms with van der Waals surface area (Å²) in [5, 5.41) is 2.86. The Hall–Kier alpha value is -0.650. The first-order chi connectivity index (χ1) is 9.19. The summed E-state index contributed by atoms with van der Waals surface area (Å²) in [6, 6.07) is 0. The Kier molecular flexibility index (Phi) is 8.02. The van der Waals surface area contributed by atoms with Crippen molar-refractivity contribution in [1.82, 2.24) is 5.32 Å². The van der Waals surface area contributed by atoms with E-state index in [0.29, 0.717) is 25.6 Å². The smallest absolute Gasteiger partial charge is 0.248 e. The fraction of sp³-hybridized carbons (Fsp3) is 0.929. The fourth-order valence-corrected chi connectivity index (χ4v) is 2.52. The highest BCUT2D eigenvalue weighted by molar-refractivity contribution is 5.80. The van der Waals surface area contributed by atoms with Crippen LogP contribution in [0.5, 0.6) is 0 Å². The molecule has 0 aromatic carbocycles. The molecule has 1 rings (SSSR count). The number of methoxy groups -OCH3 is 1. The Morgan fingerprint density at radius 1 is 1.42 bits per heavy atom. The van der Waals surface area contributed by atoms with Crippen molar-refractivity contribution in [2.45, 2.75) is 51.2 Å². The van der Waals surface area contributed by atoms with E-state index in [1.807, 2.05) is 6.92 Å². The van der Waals surface area contributed by atoms with Gasteiger partial charge in [-0.1, -0.05) is 12.8 Å². The van der Waals surface area contributed by atoms with Crippen molar-refractivity contribution in [1.29, 1.82) is 0 Å². The number of hydrogen-bond donors (Lipinski definition) is 2. The third-order valence-electron chi connectivity index (χ3n) is 3.71. The second kappa shape index (κ2) is 9.28. The lowest BCUT2D eigenvalue weighted by Crippen LogP contribution is -2.41. The molecule has 0 bridgehead atoms. The maximum Gasteiger partial charge on any atom is 0.248 e. The zero-order valence-corrected chi connectivity index (χ0v) is 12.2. The molecule has 0 aromatic heterocycles. The van der Waals surface area contributed by atoms with Crippen LogP contribution in [0.3, 0.4) is 0 Å². The number of carbonyl (C=O) groups is 1. The third kappa shape index (κ3) is 5.89. The summed E-state index contributed by atoms with van der Waals surface area (Å²) in [7, 11) is 1.66. The Morgan fingerprint density at radius 3 is 2.84 bits per heavy atom. The minimum absolute atomic E-state index is 0.0440. The highest BCUT2D eigenvalue weighted by atomic mass is 16.5. The van der Waals surface area contributed by atoms with E-state index in [0.717, 1.165) is 19.3 Å². The van der Waals surface area contributed by atoms with Gasteiger partial charge in [-0.05, 0) is 38.6 Å². The van der Waals surface area contributed by atoms with Gasteiger partial charge in [0.05, 0.1) is 6.10 Å². The Balaban J connectivity index is 2.27. The Bertz CT molecular complexity index is 261. The molecular formula is C14H28N2O3. The molecule has 3 unspecified atom stereocenters. The summed E-state index contributed by atoms with van der Waals surface area (Å²) in [6.45, 7) is 3.75. The van der Waals surface area contributed by atoms with E-state index in [2.05, 4.69) is 5.32 Å². The average molecular weight is 272 g/mol. The number of rotatable bonds is 8. The normalized spacial score (nSPS) is 25.0. The van der Waals surface area contributed by atoms with Gasteiger partial charge in [0.1, 0.15) is 6.10 Å². The van der Waals surface area contributed by atoms with Gasteiger partial charge in [0.2, 0.25) is 5.91 Å². The number of nitrogens with two attached hydrogens (primary N) is 1. The molecule has 1 amide bonds. The molecule has 5 heteroatoms. The van der Waals surface area contributed by atoms with Gasteiger partial charge in [-0.3, -0.25) is 4.79 Å². The van der Waals surface area contributed by atoms with Gasteiger partial charge >= 0.3 is 0 Å². The molecule has 0 spiro atoms. The largest absolute Gasteiger partial charge is 0.385 e. The van der Waals surface area contributed by atoms with Gasteiger partial charge in [-0.2, -0.15) is 0 Å². The van der Waals surface area contributed by atoms with E-state index in [4.69, 9.17) is 15.2 Å². The zero-order valence-electron chi connectivity index (χ0n) is 12.2. The average Bonchev–Trinajstić information content (AvgIpc) is 2.44. The van der Waals surface area contributed by atoms with Gasteiger partial charge in [0.25, 0.3) is 0 Å². The van der Waals surface area contributed by atoms with Gasteiger partial charge in [-0.25, -0.2) is 0 Å². The number of hydrogen-bond acceptors (Lipinski definition) is 4. The second-order valence-electron chi connectivity index (χ2n) is 5.23. The highest BCUT2D eigenvalue weighted by Gasteiger charge is 2.28. The number of ether oxygens (including phenoxy) is 2. The van der Waals surface area contributed by atoms with Crippen LogP contribution in [0, 0.1) is 5.92 Å². The first-order valence-electron chi connectivity index (χ1n) is 7.31. The topological polar surface area (TPSA) is 73.6 Å². The summed E-state index contributed by atoms with van der Waals surface area (Å²) in [4.78, 5) is 11.9. The van der Waals surface area contributed by atoms with Crippen LogP contribution < -0.4 is 11.1 Å². The first kappa shape index (κ1) is 16.4. The third-order valence-corrected chi connectivity index (χ3v) is 3.71. The van der Waals surface area contributed by atoms with Gasteiger partial charge in [0, 0.05) is 20.3 Å². The van der Waals surface area contributed by atoms with Crippen LogP contribution in [-0.2, 0) is 14.3 Å². The van der Waals surface area contributed by atoms with Gasteiger partial charge < -0.3 is 20.5 Å². The lowest BCUT2D eigenvalue weighted by atomic mass is 9.86. The van der Waals surface area contributed by atoms with Crippen LogP contribution in [0.2, 0.25) is 0 Å². The summed E-state index contributed by atoms with van der Waals surface area (Å²) in [5.41, 5.74) is 5.76. The molecule has 1 aliphatic carbocycles. The van der Waals surface area contributed by atoms with Crippen LogP contribution in [0.15, 0.2) is 0 Å². The van der Waals surface area contributed by atoms with Crippen molar-refractivity contribution in [3.05, 3.63) is 0 Å². The summed E-state index contributed by atoms with van der Waals surface area (Å²) in [6.07, 6.45) is 5.08. The Morgan fingerprint density at radius 2 is 2.16 bits per heavy atom. The minimum Gasteiger partial charge on any atom is -0.385 e. The molecule has 0 saturated heterocycles. The lowest BCUT2D eigenvalue weighted by molar-refractivity contribution is -0.139. The maximum absolute atomic E-state index is 11.9. The van der Waals surface area contributed by atoms with E-state index in [9.17, 15) is 4.79 Å². The number of carbonyl (C=O) groups excluding carboxylic acids is 1. The van der Waals surface area contributed by atoms with Crippen molar-refractivity contribution in [2.75, 3.05) is 26.8 Å². The fourth-order valence-electron chi connectivity index (χ4n) is 2.52. The molecule has 0 radical (unpaired) electrons. The molecule has 0 aromatic rings. The van der Waals surface area contributed by atoms with Crippen LogP contribution in [0.25, 0.3) is 0 Å². The number of nitrogens with one attached hydrogen (secondary N) is 1. The van der Waals surface area contributed by atoms with Crippen LogP contribution >= 0.6 is 0 Å². The predicted molar refractivity (Wildman–Crippen MR) is 74.9 cm³/mol. The summed E-state index contributed by atoms with van der Waals surface area (Å²) < 4.78 is 10.8. The van der Waals surface area contributed by atoms with Crippen molar-refractivity contribution in [3.8, 4) is 0 Å². The zero-order chi connectivity index (χ0) is 14.1. The first-order valence-corrected chi connectivity index (χ1v) is 7.31. The van der Waals surface area contributed by atoms with Crippen molar-refractivity contribution >= 4 is 5.91 Å². The van der Waals surface area contributed by atoms with Gasteiger partial charge in [-0.15, -0.1) is 0 Å². The van der Waals surface area contributed by atoms with Crippen molar-refractivity contribution < 1.29 is 14.3 Å². The molecule has 112 valence electrons. The van der Waals surface area contributed by atoms with Crippen LogP contribution in [-0.4, -0.2) is 44.9 Å². The number of amides is 1. The van der Waals surface area contributed by atoms with E-state index >= 15 is 0 Å². The van der Waals surface area contributed by atoms with E-state index in [-0.39, 0.29) is 12.0 Å². The van der Waals surface area contributed by atoms with Crippen molar-refractivity contribution in [3.63, 3.8) is 0 Å². The molecule has 0 heterocycles. The van der Waals surface area contributed by atoms with E-state index in [1.165, 1.54) is 12.8 Å². The highest BCUT2D eigenvalue weighted by Crippen LogP contribution is 2.26. The predicted octanol–water partition coefficient (Wildman–Crippen LogP) is 1.06. The molecule has 5 nitrogen and oxygen atoms in total. The molecule has 3 N–H and O–H groups in total. The molecule has 0 aliphatic heterocycles. The quantitative estimate of drug-likeness (QED) is 0.648.